The second-order valence-electron chi connectivity index (χ2n) is 6.18. The minimum absolute atomic E-state index is 0.271. The standard InChI is InChI=1S/C16H22N2O3/c19-14(11-3-4-15-16(8-11)21-10-20-15)9-17-12-5-7-18-6-1-2-13(12)18/h3-4,8,12-14,17,19H,1-2,5-7,9-10H2. The summed E-state index contributed by atoms with van der Waals surface area (Å²) in [5.74, 6) is 1.49. The van der Waals surface area contributed by atoms with Gasteiger partial charge in [-0.15, -0.1) is 0 Å². The zero-order chi connectivity index (χ0) is 14.2. The van der Waals surface area contributed by atoms with Crippen molar-refractivity contribution >= 4 is 0 Å². The number of aliphatic hydroxyl groups is 1. The molecule has 0 saturated carbocycles. The molecule has 3 unspecified atom stereocenters. The van der Waals surface area contributed by atoms with Crippen LogP contribution >= 0.6 is 0 Å². The van der Waals surface area contributed by atoms with E-state index < -0.39 is 6.10 Å². The van der Waals surface area contributed by atoms with Gasteiger partial charge in [-0.25, -0.2) is 0 Å². The van der Waals surface area contributed by atoms with E-state index in [2.05, 4.69) is 10.2 Å². The molecule has 0 aromatic heterocycles. The van der Waals surface area contributed by atoms with E-state index in [1.807, 2.05) is 18.2 Å². The van der Waals surface area contributed by atoms with Gasteiger partial charge in [0.05, 0.1) is 6.10 Å². The van der Waals surface area contributed by atoms with Crippen molar-refractivity contribution in [2.45, 2.75) is 37.5 Å². The molecule has 114 valence electrons. The van der Waals surface area contributed by atoms with E-state index in [9.17, 15) is 5.11 Å². The van der Waals surface area contributed by atoms with Crippen molar-refractivity contribution in [3.63, 3.8) is 0 Å². The number of nitrogens with one attached hydrogen (secondary N) is 1. The summed E-state index contributed by atoms with van der Waals surface area (Å²) in [6.45, 7) is 3.30. The Bertz CT molecular complexity index is 522. The molecule has 0 radical (unpaired) electrons. The third kappa shape index (κ3) is 2.50. The Hall–Kier alpha value is -1.30. The molecule has 2 saturated heterocycles. The third-order valence-electron chi connectivity index (χ3n) is 4.96. The smallest absolute Gasteiger partial charge is 0.231 e. The predicted octanol–water partition coefficient (Wildman–Crippen LogP) is 1.27. The molecule has 1 aromatic rings. The van der Waals surface area contributed by atoms with Crippen molar-refractivity contribution in [2.24, 2.45) is 0 Å². The van der Waals surface area contributed by atoms with Gasteiger partial charge in [0, 0.05) is 25.2 Å². The van der Waals surface area contributed by atoms with Crippen LogP contribution in [0.3, 0.4) is 0 Å². The summed E-state index contributed by atoms with van der Waals surface area (Å²) in [4.78, 5) is 2.57. The second kappa shape index (κ2) is 5.48. The van der Waals surface area contributed by atoms with Crippen LogP contribution in [0.1, 0.15) is 30.9 Å². The second-order valence-corrected chi connectivity index (χ2v) is 6.18. The topological polar surface area (TPSA) is 54.0 Å². The minimum atomic E-state index is -0.505. The third-order valence-corrected chi connectivity index (χ3v) is 4.96. The van der Waals surface area contributed by atoms with Gasteiger partial charge in [-0.2, -0.15) is 0 Å². The lowest BCUT2D eigenvalue weighted by molar-refractivity contribution is 0.164. The summed E-state index contributed by atoms with van der Waals surface area (Å²) in [5, 5.41) is 13.9. The van der Waals surface area contributed by atoms with Gasteiger partial charge in [-0.05, 0) is 43.5 Å². The first-order chi connectivity index (χ1) is 10.3. The maximum atomic E-state index is 10.4. The van der Waals surface area contributed by atoms with Crippen molar-refractivity contribution in [2.75, 3.05) is 26.4 Å². The number of benzene rings is 1. The zero-order valence-corrected chi connectivity index (χ0v) is 12.1. The lowest BCUT2D eigenvalue weighted by atomic mass is 10.0. The molecular formula is C16H22N2O3. The molecule has 2 N–H and O–H groups in total. The molecule has 3 atom stereocenters. The van der Waals surface area contributed by atoms with Crippen LogP contribution in [0.4, 0.5) is 0 Å². The van der Waals surface area contributed by atoms with E-state index in [1.54, 1.807) is 0 Å². The van der Waals surface area contributed by atoms with Crippen LogP contribution in [0.5, 0.6) is 11.5 Å². The maximum absolute atomic E-state index is 10.4. The molecule has 21 heavy (non-hydrogen) atoms. The summed E-state index contributed by atoms with van der Waals surface area (Å²) in [6, 6.07) is 6.86. The summed E-state index contributed by atoms with van der Waals surface area (Å²) in [5.41, 5.74) is 0.882. The average Bonchev–Trinajstić information content (AvgIpc) is 3.20. The lowest BCUT2D eigenvalue weighted by Gasteiger charge is -2.23. The van der Waals surface area contributed by atoms with Crippen molar-refractivity contribution in [1.29, 1.82) is 0 Å². The molecule has 5 nitrogen and oxygen atoms in total. The Morgan fingerprint density at radius 1 is 1.24 bits per heavy atom. The van der Waals surface area contributed by atoms with Crippen molar-refractivity contribution < 1.29 is 14.6 Å². The number of hydrogen-bond donors (Lipinski definition) is 2. The molecular weight excluding hydrogens is 268 g/mol. The van der Waals surface area contributed by atoms with Crippen LogP contribution in [-0.4, -0.2) is 48.5 Å². The van der Waals surface area contributed by atoms with Gasteiger partial charge in [0.25, 0.3) is 0 Å². The number of hydrogen-bond acceptors (Lipinski definition) is 5. The van der Waals surface area contributed by atoms with Crippen LogP contribution in [0.15, 0.2) is 18.2 Å². The summed E-state index contributed by atoms with van der Waals surface area (Å²) in [7, 11) is 0. The normalized spacial score (nSPS) is 28.8. The molecule has 5 heteroatoms. The highest BCUT2D eigenvalue weighted by molar-refractivity contribution is 5.45. The highest BCUT2D eigenvalue weighted by Gasteiger charge is 2.36. The van der Waals surface area contributed by atoms with E-state index in [4.69, 9.17) is 9.47 Å². The first-order valence-corrected chi connectivity index (χ1v) is 7.86. The van der Waals surface area contributed by atoms with Gasteiger partial charge in [0.15, 0.2) is 11.5 Å². The zero-order valence-electron chi connectivity index (χ0n) is 12.1. The molecule has 0 bridgehead atoms. The molecule has 3 aliphatic rings. The monoisotopic (exact) mass is 290 g/mol. The molecule has 1 aromatic carbocycles. The maximum Gasteiger partial charge on any atom is 0.231 e. The van der Waals surface area contributed by atoms with Gasteiger partial charge >= 0.3 is 0 Å². The fraction of sp³-hybridized carbons (Fsp3) is 0.625. The largest absolute Gasteiger partial charge is 0.454 e. The average molecular weight is 290 g/mol. The Kier molecular flexibility index (Phi) is 3.49. The van der Waals surface area contributed by atoms with E-state index in [-0.39, 0.29) is 6.79 Å². The summed E-state index contributed by atoms with van der Waals surface area (Å²) in [6.07, 6.45) is 3.29. The molecule has 3 aliphatic heterocycles. The quantitative estimate of drug-likeness (QED) is 0.875. The Morgan fingerprint density at radius 2 is 2.14 bits per heavy atom. The summed E-state index contributed by atoms with van der Waals surface area (Å²) >= 11 is 0. The van der Waals surface area contributed by atoms with Crippen molar-refractivity contribution in [3.8, 4) is 11.5 Å². The fourth-order valence-electron chi connectivity index (χ4n) is 3.82. The highest BCUT2D eigenvalue weighted by atomic mass is 16.7. The first-order valence-electron chi connectivity index (χ1n) is 7.86. The molecule has 0 aliphatic carbocycles. The van der Waals surface area contributed by atoms with Crippen LogP contribution in [0, 0.1) is 0 Å². The van der Waals surface area contributed by atoms with E-state index in [1.165, 1.54) is 32.4 Å². The SMILES string of the molecule is OC(CNC1CCN2CCCC12)c1ccc2c(c1)OCO2. The van der Waals surface area contributed by atoms with Crippen LogP contribution in [-0.2, 0) is 0 Å². The number of rotatable bonds is 4. The van der Waals surface area contributed by atoms with Crippen LogP contribution in [0.25, 0.3) is 0 Å². The first kappa shape index (κ1) is 13.4. The Labute approximate surface area is 124 Å². The number of ether oxygens (including phenoxy) is 2. The number of aliphatic hydroxyl groups excluding tert-OH is 1. The molecule has 0 spiro atoms. The molecule has 0 amide bonds. The lowest BCUT2D eigenvalue weighted by Crippen LogP contribution is -2.40. The Balaban J connectivity index is 1.36. The molecule has 3 heterocycles. The summed E-state index contributed by atoms with van der Waals surface area (Å²) < 4.78 is 10.7. The number of nitrogens with zero attached hydrogens (tertiary/aromatic N) is 1. The van der Waals surface area contributed by atoms with E-state index >= 15 is 0 Å². The number of fused-ring (bicyclic) bond motifs is 2. The van der Waals surface area contributed by atoms with Gasteiger partial charge in [-0.3, -0.25) is 4.90 Å². The van der Waals surface area contributed by atoms with Gasteiger partial charge in [0.1, 0.15) is 0 Å². The molecule has 4 rings (SSSR count). The van der Waals surface area contributed by atoms with Crippen LogP contribution in [0.2, 0.25) is 0 Å². The minimum Gasteiger partial charge on any atom is -0.454 e. The van der Waals surface area contributed by atoms with Crippen LogP contribution < -0.4 is 14.8 Å². The predicted molar refractivity (Wildman–Crippen MR) is 78.5 cm³/mol. The fourth-order valence-corrected chi connectivity index (χ4v) is 3.82. The van der Waals surface area contributed by atoms with E-state index in [0.29, 0.717) is 18.6 Å². The van der Waals surface area contributed by atoms with Gasteiger partial charge in [-0.1, -0.05) is 6.07 Å². The van der Waals surface area contributed by atoms with Crippen molar-refractivity contribution in [3.05, 3.63) is 23.8 Å². The van der Waals surface area contributed by atoms with Crippen molar-refractivity contribution in [1.82, 2.24) is 10.2 Å². The Morgan fingerprint density at radius 3 is 3.10 bits per heavy atom. The van der Waals surface area contributed by atoms with Gasteiger partial charge < -0.3 is 19.9 Å². The van der Waals surface area contributed by atoms with Gasteiger partial charge in [0.2, 0.25) is 6.79 Å². The molecule has 2 fully saturated rings. The van der Waals surface area contributed by atoms with E-state index in [0.717, 1.165) is 17.1 Å². The highest BCUT2D eigenvalue weighted by Crippen LogP contribution is 2.34.